The van der Waals surface area contributed by atoms with Gasteiger partial charge in [0, 0.05) is 49.1 Å². The van der Waals surface area contributed by atoms with Crippen LogP contribution in [0.3, 0.4) is 0 Å². The summed E-state index contributed by atoms with van der Waals surface area (Å²) in [7, 11) is 0. The van der Waals surface area contributed by atoms with Crippen molar-refractivity contribution in [2.24, 2.45) is 0 Å². The van der Waals surface area contributed by atoms with Crippen LogP contribution in [-0.4, -0.2) is 53.6 Å². The highest BCUT2D eigenvalue weighted by molar-refractivity contribution is 6.30. The standard InChI is InChI=1S/C19H23ClN4O2/c1-14-5-6-18(25)17(22-14)12-21-13-19(26)24-9-7-23(8-10-24)16-4-2-3-15(20)11-16/h2-6,11,21,25H,7-10,12-13H2,1H3. The van der Waals surface area contributed by atoms with E-state index in [9.17, 15) is 9.90 Å². The number of nitrogens with zero attached hydrogens (tertiary/aromatic N) is 3. The molecule has 0 radical (unpaired) electrons. The second kappa shape index (κ2) is 8.38. The highest BCUT2D eigenvalue weighted by atomic mass is 35.5. The van der Waals surface area contributed by atoms with Crippen molar-refractivity contribution in [2.45, 2.75) is 13.5 Å². The van der Waals surface area contributed by atoms with E-state index in [0.717, 1.165) is 29.5 Å². The molecule has 1 saturated heterocycles. The zero-order chi connectivity index (χ0) is 18.5. The number of carbonyl (C=O) groups excluding carboxylic acids is 1. The fourth-order valence-electron chi connectivity index (χ4n) is 3.02. The molecule has 6 nitrogen and oxygen atoms in total. The Morgan fingerprint density at radius 2 is 2.00 bits per heavy atom. The molecule has 1 aliphatic rings. The molecule has 3 rings (SSSR count). The fraction of sp³-hybridized carbons (Fsp3) is 0.368. The first kappa shape index (κ1) is 18.5. The van der Waals surface area contributed by atoms with Gasteiger partial charge in [-0.15, -0.1) is 0 Å². The molecule has 1 aliphatic heterocycles. The predicted octanol–water partition coefficient (Wildman–Crippen LogP) is 2.19. The topological polar surface area (TPSA) is 68.7 Å². The average molecular weight is 375 g/mol. The van der Waals surface area contributed by atoms with Crippen LogP contribution in [0.4, 0.5) is 5.69 Å². The van der Waals surface area contributed by atoms with Gasteiger partial charge in [0.05, 0.1) is 12.2 Å². The van der Waals surface area contributed by atoms with Crippen LogP contribution in [0.15, 0.2) is 36.4 Å². The maximum Gasteiger partial charge on any atom is 0.236 e. The van der Waals surface area contributed by atoms with Crippen molar-refractivity contribution in [3.63, 3.8) is 0 Å². The maximum atomic E-state index is 12.4. The summed E-state index contributed by atoms with van der Waals surface area (Å²) in [4.78, 5) is 20.7. The van der Waals surface area contributed by atoms with Crippen molar-refractivity contribution in [3.05, 3.63) is 52.8 Å². The van der Waals surface area contributed by atoms with Gasteiger partial charge in [0.2, 0.25) is 5.91 Å². The SMILES string of the molecule is Cc1ccc(O)c(CNCC(=O)N2CCN(c3cccc(Cl)c3)CC2)n1. The van der Waals surface area contributed by atoms with Gasteiger partial charge in [0.15, 0.2) is 0 Å². The molecule has 1 fully saturated rings. The number of halogens is 1. The lowest BCUT2D eigenvalue weighted by Gasteiger charge is -2.36. The maximum absolute atomic E-state index is 12.4. The van der Waals surface area contributed by atoms with Gasteiger partial charge < -0.3 is 20.2 Å². The van der Waals surface area contributed by atoms with Crippen LogP contribution >= 0.6 is 11.6 Å². The van der Waals surface area contributed by atoms with E-state index >= 15 is 0 Å². The number of amides is 1. The molecule has 7 heteroatoms. The van der Waals surface area contributed by atoms with E-state index in [-0.39, 0.29) is 18.2 Å². The molecule has 0 bridgehead atoms. The van der Waals surface area contributed by atoms with Crippen LogP contribution in [0.5, 0.6) is 5.75 Å². The Hall–Kier alpha value is -2.31. The molecule has 0 aliphatic carbocycles. The van der Waals surface area contributed by atoms with Crippen molar-refractivity contribution in [1.29, 1.82) is 0 Å². The number of hydrogen-bond donors (Lipinski definition) is 2. The third-order valence-corrected chi connectivity index (χ3v) is 4.70. The van der Waals surface area contributed by atoms with Gasteiger partial charge in [-0.05, 0) is 37.3 Å². The Morgan fingerprint density at radius 3 is 2.73 bits per heavy atom. The molecule has 0 unspecified atom stereocenters. The fourth-order valence-corrected chi connectivity index (χ4v) is 3.20. The lowest BCUT2D eigenvalue weighted by molar-refractivity contribution is -0.130. The van der Waals surface area contributed by atoms with E-state index < -0.39 is 0 Å². The molecule has 138 valence electrons. The molecule has 0 atom stereocenters. The van der Waals surface area contributed by atoms with Crippen LogP contribution in [0, 0.1) is 6.92 Å². The highest BCUT2D eigenvalue weighted by Gasteiger charge is 2.21. The molecular formula is C19H23ClN4O2. The number of benzene rings is 1. The Balaban J connectivity index is 1.46. The Morgan fingerprint density at radius 1 is 1.23 bits per heavy atom. The summed E-state index contributed by atoms with van der Waals surface area (Å²) >= 11 is 6.05. The van der Waals surface area contributed by atoms with Crippen molar-refractivity contribution in [1.82, 2.24) is 15.2 Å². The van der Waals surface area contributed by atoms with E-state index in [0.29, 0.717) is 25.3 Å². The molecule has 1 aromatic heterocycles. The summed E-state index contributed by atoms with van der Waals surface area (Å²) in [6.45, 7) is 5.39. The van der Waals surface area contributed by atoms with Gasteiger partial charge in [-0.25, -0.2) is 0 Å². The predicted molar refractivity (Wildman–Crippen MR) is 103 cm³/mol. The van der Waals surface area contributed by atoms with Gasteiger partial charge in [-0.3, -0.25) is 9.78 Å². The van der Waals surface area contributed by atoms with Gasteiger partial charge in [-0.2, -0.15) is 0 Å². The largest absolute Gasteiger partial charge is 0.506 e. The number of pyridine rings is 1. The van der Waals surface area contributed by atoms with Gasteiger partial charge in [0.25, 0.3) is 0 Å². The minimum atomic E-state index is 0.0582. The smallest absolute Gasteiger partial charge is 0.236 e. The second-order valence-electron chi connectivity index (χ2n) is 6.37. The van der Waals surface area contributed by atoms with Gasteiger partial charge in [-0.1, -0.05) is 17.7 Å². The number of anilines is 1. The minimum Gasteiger partial charge on any atom is -0.506 e. The van der Waals surface area contributed by atoms with Crippen molar-refractivity contribution in [2.75, 3.05) is 37.6 Å². The first-order valence-electron chi connectivity index (χ1n) is 8.67. The monoisotopic (exact) mass is 374 g/mol. The first-order chi connectivity index (χ1) is 12.5. The van der Waals surface area contributed by atoms with Crippen molar-refractivity contribution < 1.29 is 9.90 Å². The summed E-state index contributed by atoms with van der Waals surface area (Å²) in [6, 6.07) is 11.2. The third-order valence-electron chi connectivity index (χ3n) is 4.46. The van der Waals surface area contributed by atoms with Crippen LogP contribution in [-0.2, 0) is 11.3 Å². The average Bonchev–Trinajstić information content (AvgIpc) is 2.64. The number of aryl methyl sites for hydroxylation is 1. The molecular weight excluding hydrogens is 352 g/mol. The summed E-state index contributed by atoms with van der Waals surface area (Å²) in [5, 5.41) is 13.6. The van der Waals surface area contributed by atoms with Gasteiger partial charge in [0.1, 0.15) is 5.75 Å². The molecule has 1 amide bonds. The lowest BCUT2D eigenvalue weighted by atomic mass is 10.2. The Kier molecular flexibility index (Phi) is 5.96. The van der Waals surface area contributed by atoms with E-state index in [2.05, 4.69) is 15.2 Å². The van der Waals surface area contributed by atoms with E-state index in [1.54, 1.807) is 12.1 Å². The molecule has 26 heavy (non-hydrogen) atoms. The molecule has 1 aromatic carbocycles. The summed E-state index contributed by atoms with van der Waals surface area (Å²) < 4.78 is 0. The number of aromatic nitrogens is 1. The number of carbonyl (C=O) groups is 1. The number of hydrogen-bond acceptors (Lipinski definition) is 5. The number of piperazine rings is 1. The Labute approximate surface area is 158 Å². The van der Waals surface area contributed by atoms with Crippen molar-refractivity contribution in [3.8, 4) is 5.75 Å². The number of aromatic hydroxyl groups is 1. The zero-order valence-electron chi connectivity index (χ0n) is 14.8. The van der Waals surface area contributed by atoms with Crippen LogP contribution in [0.25, 0.3) is 0 Å². The summed E-state index contributed by atoms with van der Waals surface area (Å²) in [5.41, 5.74) is 2.48. The normalized spacial score (nSPS) is 14.5. The molecule has 2 N–H and O–H groups in total. The lowest BCUT2D eigenvalue weighted by Crippen LogP contribution is -2.50. The third kappa shape index (κ3) is 4.65. The van der Waals surface area contributed by atoms with Crippen LogP contribution in [0.2, 0.25) is 5.02 Å². The summed E-state index contributed by atoms with van der Waals surface area (Å²) in [5.74, 6) is 0.202. The quantitative estimate of drug-likeness (QED) is 0.839. The molecule has 2 heterocycles. The molecule has 0 saturated carbocycles. The van der Waals surface area contributed by atoms with Gasteiger partial charge >= 0.3 is 0 Å². The minimum absolute atomic E-state index is 0.0582. The summed E-state index contributed by atoms with van der Waals surface area (Å²) in [6.07, 6.45) is 0. The zero-order valence-corrected chi connectivity index (χ0v) is 15.5. The number of rotatable bonds is 5. The van der Waals surface area contributed by atoms with E-state index in [1.807, 2.05) is 36.1 Å². The van der Waals surface area contributed by atoms with E-state index in [1.165, 1.54) is 0 Å². The van der Waals surface area contributed by atoms with Crippen LogP contribution < -0.4 is 10.2 Å². The number of nitrogens with one attached hydrogen (secondary N) is 1. The molecule has 2 aromatic rings. The Bertz CT molecular complexity index is 776. The van der Waals surface area contributed by atoms with E-state index in [4.69, 9.17) is 11.6 Å². The molecule has 0 spiro atoms. The van der Waals surface area contributed by atoms with Crippen LogP contribution in [0.1, 0.15) is 11.4 Å². The first-order valence-corrected chi connectivity index (χ1v) is 9.05. The second-order valence-corrected chi connectivity index (χ2v) is 6.81. The van der Waals surface area contributed by atoms with Crippen molar-refractivity contribution >= 4 is 23.2 Å². The highest BCUT2D eigenvalue weighted by Crippen LogP contribution is 2.20.